The van der Waals surface area contributed by atoms with Crippen LogP contribution in [0.25, 0.3) is 0 Å². The van der Waals surface area contributed by atoms with Gasteiger partial charge in [0.1, 0.15) is 0 Å². The van der Waals surface area contributed by atoms with E-state index in [9.17, 15) is 0 Å². The number of guanidine groups is 1. The van der Waals surface area contributed by atoms with E-state index in [0.717, 1.165) is 97.4 Å². The van der Waals surface area contributed by atoms with Crippen LogP contribution in [0.15, 0.2) is 4.99 Å². The summed E-state index contributed by atoms with van der Waals surface area (Å²) in [4.78, 5) is 7.27. The summed E-state index contributed by atoms with van der Waals surface area (Å²) in [6, 6.07) is 0.515. The van der Waals surface area contributed by atoms with Gasteiger partial charge in [-0.15, -0.1) is 24.0 Å². The summed E-state index contributed by atoms with van der Waals surface area (Å²) in [5.41, 5.74) is 0. The number of halogens is 1. The molecule has 0 aromatic rings. The molecule has 0 unspecified atom stereocenters. The van der Waals surface area contributed by atoms with Gasteiger partial charge in [-0.05, 0) is 51.4 Å². The van der Waals surface area contributed by atoms with Crippen LogP contribution >= 0.6 is 24.0 Å². The van der Waals surface area contributed by atoms with Crippen molar-refractivity contribution in [2.24, 2.45) is 10.9 Å². The van der Waals surface area contributed by atoms with Gasteiger partial charge >= 0.3 is 0 Å². The average molecular weight is 527 g/mol. The monoisotopic (exact) mass is 526 g/mol. The van der Waals surface area contributed by atoms with Crippen LogP contribution in [-0.2, 0) is 14.2 Å². The number of aliphatic imine (C=N–C) groups is 1. The van der Waals surface area contributed by atoms with Crippen molar-refractivity contribution in [3.8, 4) is 0 Å². The first-order valence-corrected chi connectivity index (χ1v) is 11.2. The van der Waals surface area contributed by atoms with Gasteiger partial charge in [-0.25, -0.2) is 0 Å². The lowest BCUT2D eigenvalue weighted by Gasteiger charge is -2.33. The maximum atomic E-state index is 5.84. The molecular weight excluding hydrogens is 483 g/mol. The molecule has 0 saturated carbocycles. The number of piperidine rings is 1. The van der Waals surface area contributed by atoms with Crippen LogP contribution in [-0.4, -0.2) is 89.8 Å². The first-order chi connectivity index (χ1) is 13.8. The summed E-state index contributed by atoms with van der Waals surface area (Å²) < 4.78 is 16.4. The third kappa shape index (κ3) is 12.3. The SMILES string of the molecule is CCNC(=NCCCOCC1CCOCC1)NC1CCN(CCCOC)CC1.I. The van der Waals surface area contributed by atoms with Gasteiger partial charge in [0.25, 0.3) is 0 Å². The first-order valence-electron chi connectivity index (χ1n) is 11.2. The Morgan fingerprint density at radius 1 is 1.10 bits per heavy atom. The van der Waals surface area contributed by atoms with E-state index in [0.29, 0.717) is 12.0 Å². The summed E-state index contributed by atoms with van der Waals surface area (Å²) in [6.45, 7) is 11.6. The molecule has 7 nitrogen and oxygen atoms in total. The number of nitrogens with zero attached hydrogens (tertiary/aromatic N) is 2. The number of likely N-dealkylation sites (tertiary alicyclic amines) is 1. The third-order valence-electron chi connectivity index (χ3n) is 5.51. The lowest BCUT2D eigenvalue weighted by atomic mass is 10.0. The Morgan fingerprint density at radius 2 is 1.86 bits per heavy atom. The standard InChI is InChI=1S/C21H42N4O3.HI/c1-3-22-21(23-10-4-15-28-18-19-8-16-27-17-9-19)24-20-6-12-25(13-7-20)11-5-14-26-2;/h19-20H,3-18H2,1-2H3,(H2,22,23,24);1H. The minimum absolute atomic E-state index is 0. The second-order valence-corrected chi connectivity index (χ2v) is 7.85. The molecule has 2 aliphatic rings. The van der Waals surface area contributed by atoms with Crippen molar-refractivity contribution in [3.63, 3.8) is 0 Å². The fourth-order valence-corrected chi connectivity index (χ4v) is 3.77. The summed E-state index contributed by atoms with van der Waals surface area (Å²) in [7, 11) is 1.77. The molecule has 2 heterocycles. The molecule has 8 heteroatoms. The highest BCUT2D eigenvalue weighted by Crippen LogP contribution is 2.14. The van der Waals surface area contributed by atoms with Crippen LogP contribution in [0.3, 0.4) is 0 Å². The van der Waals surface area contributed by atoms with E-state index in [1.54, 1.807) is 7.11 Å². The van der Waals surface area contributed by atoms with Gasteiger partial charge in [0.05, 0.1) is 0 Å². The van der Waals surface area contributed by atoms with Gasteiger partial charge in [0, 0.05) is 78.9 Å². The number of hydrogen-bond donors (Lipinski definition) is 2. The molecule has 0 bridgehead atoms. The molecule has 0 radical (unpaired) electrons. The maximum absolute atomic E-state index is 5.84. The fraction of sp³-hybridized carbons (Fsp3) is 0.952. The van der Waals surface area contributed by atoms with E-state index in [1.807, 2.05) is 0 Å². The van der Waals surface area contributed by atoms with Crippen LogP contribution in [0.1, 0.15) is 45.4 Å². The summed E-state index contributed by atoms with van der Waals surface area (Å²) in [5, 5.41) is 7.00. The van der Waals surface area contributed by atoms with Gasteiger partial charge in [-0.2, -0.15) is 0 Å². The van der Waals surface area contributed by atoms with Gasteiger partial charge in [-0.1, -0.05) is 0 Å². The predicted molar refractivity (Wildman–Crippen MR) is 129 cm³/mol. The van der Waals surface area contributed by atoms with Gasteiger partial charge in [0.2, 0.25) is 0 Å². The van der Waals surface area contributed by atoms with E-state index in [2.05, 4.69) is 22.5 Å². The van der Waals surface area contributed by atoms with E-state index < -0.39 is 0 Å². The highest BCUT2D eigenvalue weighted by molar-refractivity contribution is 14.0. The van der Waals surface area contributed by atoms with Crippen molar-refractivity contribution in [1.29, 1.82) is 0 Å². The molecule has 2 fully saturated rings. The smallest absolute Gasteiger partial charge is 0.191 e. The van der Waals surface area contributed by atoms with Gasteiger partial charge < -0.3 is 29.7 Å². The van der Waals surface area contributed by atoms with Crippen molar-refractivity contribution in [2.45, 2.75) is 51.5 Å². The molecule has 2 aliphatic heterocycles. The van der Waals surface area contributed by atoms with Crippen LogP contribution < -0.4 is 10.6 Å². The van der Waals surface area contributed by atoms with Gasteiger partial charge in [0.15, 0.2) is 5.96 Å². The second kappa shape index (κ2) is 17.5. The summed E-state index contributed by atoms with van der Waals surface area (Å²) in [6.07, 6.45) is 6.71. The normalized spacial score (nSPS) is 19.7. The average Bonchev–Trinajstić information content (AvgIpc) is 2.73. The lowest BCUT2D eigenvalue weighted by Crippen LogP contribution is -2.48. The van der Waals surface area contributed by atoms with Crippen molar-refractivity contribution in [1.82, 2.24) is 15.5 Å². The first kappa shape index (κ1) is 26.9. The summed E-state index contributed by atoms with van der Waals surface area (Å²) in [5.74, 6) is 1.63. The second-order valence-electron chi connectivity index (χ2n) is 7.85. The molecule has 2 N–H and O–H groups in total. The zero-order valence-electron chi connectivity index (χ0n) is 18.5. The lowest BCUT2D eigenvalue weighted by molar-refractivity contribution is 0.0205. The quantitative estimate of drug-likeness (QED) is 0.176. The highest BCUT2D eigenvalue weighted by atomic mass is 127. The van der Waals surface area contributed by atoms with Crippen LogP contribution in [0.4, 0.5) is 0 Å². The van der Waals surface area contributed by atoms with Crippen molar-refractivity contribution in [2.75, 3.05) is 72.9 Å². The molecule has 0 aromatic heterocycles. The Balaban J connectivity index is 0.00000420. The Hall–Kier alpha value is -0.160. The van der Waals surface area contributed by atoms with Crippen LogP contribution in [0.2, 0.25) is 0 Å². The fourth-order valence-electron chi connectivity index (χ4n) is 3.77. The Morgan fingerprint density at radius 3 is 2.55 bits per heavy atom. The van der Waals surface area contributed by atoms with E-state index in [4.69, 9.17) is 19.2 Å². The van der Waals surface area contributed by atoms with E-state index in [-0.39, 0.29) is 24.0 Å². The number of ether oxygens (including phenoxy) is 3. The van der Waals surface area contributed by atoms with Gasteiger partial charge in [-0.3, -0.25) is 4.99 Å². The number of nitrogens with one attached hydrogen (secondary N) is 2. The minimum Gasteiger partial charge on any atom is -0.385 e. The van der Waals surface area contributed by atoms with E-state index >= 15 is 0 Å². The van der Waals surface area contributed by atoms with Crippen molar-refractivity contribution < 1.29 is 14.2 Å². The Labute approximate surface area is 194 Å². The predicted octanol–water partition coefficient (Wildman–Crippen LogP) is 2.49. The number of methoxy groups -OCH3 is 1. The maximum Gasteiger partial charge on any atom is 0.191 e. The molecule has 0 spiro atoms. The topological polar surface area (TPSA) is 67.4 Å². The summed E-state index contributed by atoms with van der Waals surface area (Å²) >= 11 is 0. The molecule has 29 heavy (non-hydrogen) atoms. The molecule has 2 rings (SSSR count). The Bertz CT molecular complexity index is 415. The molecule has 172 valence electrons. The van der Waals surface area contributed by atoms with E-state index in [1.165, 1.54) is 12.8 Å². The van der Waals surface area contributed by atoms with Crippen LogP contribution in [0.5, 0.6) is 0 Å². The Kier molecular flexibility index (Phi) is 16.2. The molecule has 0 aliphatic carbocycles. The van der Waals surface area contributed by atoms with Crippen LogP contribution in [0, 0.1) is 5.92 Å². The highest BCUT2D eigenvalue weighted by Gasteiger charge is 2.19. The number of rotatable bonds is 12. The molecule has 2 saturated heterocycles. The molecule has 0 amide bonds. The van der Waals surface area contributed by atoms with Crippen molar-refractivity contribution >= 4 is 29.9 Å². The molecule has 0 atom stereocenters. The molecule has 0 aromatic carbocycles. The number of hydrogen-bond acceptors (Lipinski definition) is 5. The van der Waals surface area contributed by atoms with Crippen molar-refractivity contribution in [3.05, 3.63) is 0 Å². The molecular formula is C21H43IN4O3. The third-order valence-corrected chi connectivity index (χ3v) is 5.51. The minimum atomic E-state index is 0. The zero-order valence-corrected chi connectivity index (χ0v) is 20.8. The zero-order chi connectivity index (χ0) is 19.9. The largest absolute Gasteiger partial charge is 0.385 e.